The Bertz CT molecular complexity index is 1170. The molecule has 0 saturated carbocycles. The summed E-state index contributed by atoms with van der Waals surface area (Å²) in [6, 6.07) is 9.81. The minimum atomic E-state index is -0.855. The molecule has 8 nitrogen and oxygen atoms in total. The summed E-state index contributed by atoms with van der Waals surface area (Å²) in [4.78, 5) is 41.4. The molecule has 0 aromatic heterocycles. The molecule has 1 heterocycles. The van der Waals surface area contributed by atoms with Gasteiger partial charge in [0.15, 0.2) is 5.82 Å². The molecule has 0 bridgehead atoms. The highest BCUT2D eigenvalue weighted by Crippen LogP contribution is 2.28. The maximum atomic E-state index is 15.0. The van der Waals surface area contributed by atoms with Crippen molar-refractivity contribution in [2.24, 2.45) is 5.92 Å². The minimum Gasteiger partial charge on any atom is -0.347 e. The van der Waals surface area contributed by atoms with Crippen molar-refractivity contribution in [3.05, 3.63) is 63.9 Å². The molecule has 1 fully saturated rings. The number of urea groups is 1. The second kappa shape index (κ2) is 12.6. The van der Waals surface area contributed by atoms with Crippen molar-refractivity contribution in [1.29, 1.82) is 0 Å². The molecule has 2 aromatic carbocycles. The normalized spacial score (nSPS) is 14.4. The van der Waals surface area contributed by atoms with E-state index in [9.17, 15) is 14.4 Å². The Labute approximate surface area is 228 Å². The number of nitrogens with zero attached hydrogens (tertiary/aromatic N) is 2. The van der Waals surface area contributed by atoms with E-state index < -0.39 is 17.8 Å². The highest BCUT2D eigenvalue weighted by Gasteiger charge is 2.26. The molecule has 2 aromatic rings. The first kappa shape index (κ1) is 29.4. The Morgan fingerprint density at radius 2 is 1.74 bits per heavy atom. The first-order valence-electron chi connectivity index (χ1n) is 12.8. The molecule has 0 radical (unpaired) electrons. The highest BCUT2D eigenvalue weighted by atomic mass is 35.5. The molecule has 206 valence electrons. The molecule has 0 spiro atoms. The largest absolute Gasteiger partial charge is 0.347 e. The Kier molecular flexibility index (Phi) is 9.73. The summed E-state index contributed by atoms with van der Waals surface area (Å²) >= 11 is 6.15. The average molecular weight is 546 g/mol. The molecule has 1 aliphatic heterocycles. The van der Waals surface area contributed by atoms with Gasteiger partial charge in [-0.05, 0) is 56.5 Å². The minimum absolute atomic E-state index is 0.102. The maximum absolute atomic E-state index is 15.0. The van der Waals surface area contributed by atoms with Crippen molar-refractivity contribution >= 4 is 35.1 Å². The summed E-state index contributed by atoms with van der Waals surface area (Å²) in [5.74, 6) is -1.15. The molecule has 1 saturated heterocycles. The van der Waals surface area contributed by atoms with E-state index in [0.29, 0.717) is 44.8 Å². The zero-order chi connectivity index (χ0) is 28.0. The van der Waals surface area contributed by atoms with Crippen molar-refractivity contribution in [2.45, 2.75) is 46.7 Å². The second-order valence-corrected chi connectivity index (χ2v) is 11.4. The topological polar surface area (TPSA) is 93.8 Å². The summed E-state index contributed by atoms with van der Waals surface area (Å²) in [5, 5.41) is 7.87. The Morgan fingerprint density at radius 3 is 2.37 bits per heavy atom. The fourth-order valence-corrected chi connectivity index (χ4v) is 4.25. The van der Waals surface area contributed by atoms with Gasteiger partial charge in [0.1, 0.15) is 5.02 Å². The number of hydrogen-bond acceptors (Lipinski definition) is 4. The molecule has 1 aliphatic rings. The van der Waals surface area contributed by atoms with Crippen LogP contribution in [0.25, 0.3) is 0 Å². The molecule has 0 atom stereocenters. The van der Waals surface area contributed by atoms with Gasteiger partial charge in [0.2, 0.25) is 0 Å². The summed E-state index contributed by atoms with van der Waals surface area (Å²) in [7, 11) is 0. The summed E-state index contributed by atoms with van der Waals surface area (Å²) in [6.07, 6.45) is 0. The van der Waals surface area contributed by atoms with E-state index in [-0.39, 0.29) is 33.6 Å². The van der Waals surface area contributed by atoms with Crippen LogP contribution in [0, 0.1) is 11.7 Å². The van der Waals surface area contributed by atoms with Crippen molar-refractivity contribution in [2.75, 3.05) is 38.0 Å². The molecule has 10 heteroatoms. The number of piperazine rings is 1. The van der Waals surface area contributed by atoms with E-state index in [0.717, 1.165) is 5.56 Å². The summed E-state index contributed by atoms with van der Waals surface area (Å²) < 4.78 is 15.0. The second-order valence-electron chi connectivity index (χ2n) is 11.0. The third-order valence-electron chi connectivity index (χ3n) is 5.98. The standard InChI is InChI=1S/C28H37ClFN5O3/c1-18(2)16-31-27(38)32-22-10-9-21(24(30)23(22)29)26(37)35-13-11-34(12-14-35)17-19-7-6-8-20(15-19)25(36)33-28(3,4)5/h6-10,15,18H,11-14,16-17H2,1-5H3,(H,33,36)(H2,31,32,38). The monoisotopic (exact) mass is 545 g/mol. The molecule has 0 unspecified atom stereocenters. The van der Waals surface area contributed by atoms with Crippen LogP contribution in [0.1, 0.15) is 60.9 Å². The van der Waals surface area contributed by atoms with Crippen LogP contribution in [0.4, 0.5) is 14.9 Å². The van der Waals surface area contributed by atoms with Crippen molar-refractivity contribution in [3.8, 4) is 0 Å². The summed E-state index contributed by atoms with van der Waals surface area (Å²) in [6.45, 7) is 12.9. The lowest BCUT2D eigenvalue weighted by Gasteiger charge is -2.35. The number of nitrogens with one attached hydrogen (secondary N) is 3. The van der Waals surface area contributed by atoms with E-state index in [1.165, 1.54) is 12.1 Å². The summed E-state index contributed by atoms with van der Waals surface area (Å²) in [5.41, 5.74) is 1.26. The molecule has 4 amide bonds. The number of benzene rings is 2. The lowest BCUT2D eigenvalue weighted by atomic mass is 10.1. The first-order chi connectivity index (χ1) is 17.8. The van der Waals surface area contributed by atoms with Gasteiger partial charge in [-0.3, -0.25) is 14.5 Å². The fraction of sp³-hybridized carbons (Fsp3) is 0.464. The number of carbonyl (C=O) groups is 3. The van der Waals surface area contributed by atoms with Gasteiger partial charge in [-0.1, -0.05) is 37.6 Å². The van der Waals surface area contributed by atoms with Gasteiger partial charge < -0.3 is 20.9 Å². The number of carbonyl (C=O) groups excluding carboxylic acids is 3. The number of halogens is 2. The van der Waals surface area contributed by atoms with Crippen LogP contribution in [0.5, 0.6) is 0 Å². The van der Waals surface area contributed by atoms with E-state index in [2.05, 4.69) is 20.9 Å². The van der Waals surface area contributed by atoms with Gasteiger partial charge in [0.05, 0.1) is 11.3 Å². The van der Waals surface area contributed by atoms with Gasteiger partial charge >= 0.3 is 6.03 Å². The maximum Gasteiger partial charge on any atom is 0.319 e. The fourth-order valence-electron chi connectivity index (χ4n) is 4.04. The Morgan fingerprint density at radius 1 is 1.05 bits per heavy atom. The number of hydrogen-bond donors (Lipinski definition) is 3. The molecule has 3 rings (SSSR count). The SMILES string of the molecule is CC(C)CNC(=O)Nc1ccc(C(=O)N2CCN(Cc3cccc(C(=O)NC(C)(C)C)c3)CC2)c(F)c1Cl. The zero-order valence-electron chi connectivity index (χ0n) is 22.7. The van der Waals surface area contributed by atoms with E-state index in [1.54, 1.807) is 11.0 Å². The predicted octanol–water partition coefficient (Wildman–Crippen LogP) is 4.74. The van der Waals surface area contributed by atoms with Crippen molar-refractivity contribution < 1.29 is 18.8 Å². The molecule has 0 aliphatic carbocycles. The van der Waals surface area contributed by atoms with Crippen LogP contribution in [0.2, 0.25) is 5.02 Å². The van der Waals surface area contributed by atoms with Crippen LogP contribution in [0.15, 0.2) is 36.4 Å². The number of rotatable bonds is 7. The zero-order valence-corrected chi connectivity index (χ0v) is 23.4. The van der Waals surface area contributed by atoms with Gasteiger partial charge in [-0.25, -0.2) is 9.18 Å². The first-order valence-corrected chi connectivity index (χ1v) is 13.2. The van der Waals surface area contributed by atoms with E-state index in [1.807, 2.05) is 52.8 Å². The molecular weight excluding hydrogens is 509 g/mol. The number of amides is 4. The van der Waals surface area contributed by atoms with Crippen molar-refractivity contribution in [3.63, 3.8) is 0 Å². The quantitative estimate of drug-likeness (QED) is 0.468. The van der Waals surface area contributed by atoms with Crippen LogP contribution >= 0.6 is 11.6 Å². The van der Waals surface area contributed by atoms with Crippen LogP contribution in [0.3, 0.4) is 0 Å². The predicted molar refractivity (Wildman–Crippen MR) is 148 cm³/mol. The van der Waals surface area contributed by atoms with E-state index in [4.69, 9.17) is 11.6 Å². The third-order valence-corrected chi connectivity index (χ3v) is 6.34. The third kappa shape index (κ3) is 8.16. The smallest absolute Gasteiger partial charge is 0.319 e. The number of anilines is 1. The van der Waals surface area contributed by atoms with Gasteiger partial charge in [0, 0.05) is 50.4 Å². The van der Waals surface area contributed by atoms with Crippen LogP contribution in [-0.2, 0) is 6.54 Å². The van der Waals surface area contributed by atoms with Crippen LogP contribution in [-0.4, -0.2) is 65.9 Å². The lowest BCUT2D eigenvalue weighted by Crippen LogP contribution is -2.48. The van der Waals surface area contributed by atoms with Gasteiger partial charge in [-0.15, -0.1) is 0 Å². The van der Waals surface area contributed by atoms with Crippen molar-refractivity contribution in [1.82, 2.24) is 20.4 Å². The highest BCUT2D eigenvalue weighted by molar-refractivity contribution is 6.34. The lowest BCUT2D eigenvalue weighted by molar-refractivity contribution is 0.0623. The molecule has 3 N–H and O–H groups in total. The molecular formula is C28H37ClFN5O3. The van der Waals surface area contributed by atoms with Gasteiger partial charge in [0.25, 0.3) is 11.8 Å². The van der Waals surface area contributed by atoms with E-state index >= 15 is 4.39 Å². The molecule has 38 heavy (non-hydrogen) atoms. The average Bonchev–Trinajstić information content (AvgIpc) is 2.85. The Hall–Kier alpha value is -3.17. The van der Waals surface area contributed by atoms with Crippen LogP contribution < -0.4 is 16.0 Å². The Balaban J connectivity index is 1.57. The van der Waals surface area contributed by atoms with Gasteiger partial charge in [-0.2, -0.15) is 0 Å².